The summed E-state index contributed by atoms with van der Waals surface area (Å²) in [4.78, 5) is 26.6. The van der Waals surface area contributed by atoms with Crippen LogP contribution in [-0.4, -0.2) is 32.7 Å². The van der Waals surface area contributed by atoms with Crippen LogP contribution in [0.25, 0.3) is 5.57 Å². The van der Waals surface area contributed by atoms with E-state index in [1.807, 2.05) is 24.3 Å². The number of para-hydroxylation sites is 1. The van der Waals surface area contributed by atoms with Gasteiger partial charge in [-0.2, -0.15) is 0 Å². The first-order chi connectivity index (χ1) is 13.1. The third-order valence-corrected chi connectivity index (χ3v) is 6.50. The summed E-state index contributed by atoms with van der Waals surface area (Å²) in [6, 6.07) is 8.21. The molecule has 1 aromatic carbocycles. The van der Waals surface area contributed by atoms with Crippen LogP contribution in [0, 0.1) is 0 Å². The van der Waals surface area contributed by atoms with Crippen molar-refractivity contribution in [2.45, 2.75) is 6.92 Å². The Balaban J connectivity index is 1.89. The number of anilines is 1. The van der Waals surface area contributed by atoms with Crippen molar-refractivity contribution in [3.8, 4) is 0 Å². The lowest BCUT2D eigenvalue weighted by atomic mass is 10.00. The minimum absolute atomic E-state index is 0.260. The molecule has 27 heavy (non-hydrogen) atoms. The van der Waals surface area contributed by atoms with Crippen LogP contribution in [0.15, 0.2) is 62.7 Å². The van der Waals surface area contributed by atoms with Crippen LogP contribution in [0.1, 0.15) is 12.5 Å². The number of nitrogens with zero attached hydrogens (tertiary/aromatic N) is 1. The lowest BCUT2D eigenvalue weighted by molar-refractivity contribution is -0.138. The highest BCUT2D eigenvalue weighted by Gasteiger charge is 2.32. The lowest BCUT2D eigenvalue weighted by Crippen LogP contribution is -2.18. The molecule has 0 N–H and O–H groups in total. The summed E-state index contributed by atoms with van der Waals surface area (Å²) in [6.07, 6.45) is 8.02. The van der Waals surface area contributed by atoms with Crippen molar-refractivity contribution in [3.63, 3.8) is 0 Å². The molecule has 2 aliphatic heterocycles. The summed E-state index contributed by atoms with van der Waals surface area (Å²) in [6.45, 7) is 3.00. The molecule has 2 aliphatic rings. The summed E-state index contributed by atoms with van der Waals surface area (Å²) >= 11 is 2.44. The molecule has 0 fully saturated rings. The zero-order chi connectivity index (χ0) is 19.4. The molecular formula is C20H19NO4S2. The van der Waals surface area contributed by atoms with Crippen molar-refractivity contribution >= 4 is 46.7 Å². The van der Waals surface area contributed by atoms with Gasteiger partial charge in [0, 0.05) is 24.0 Å². The second-order valence-corrected chi connectivity index (χ2v) is 7.93. The molecule has 0 unspecified atom stereocenters. The maximum atomic E-state index is 11.9. The molecule has 0 radical (unpaired) electrons. The monoisotopic (exact) mass is 401 g/mol. The summed E-state index contributed by atoms with van der Waals surface area (Å²) in [7, 11) is 2.59. The SMILES string of the molecule is CCN1C=CC(=CC=C2SC(C(=O)OC)=C(C(=O)OC)S2)c2ccccc21. The van der Waals surface area contributed by atoms with Crippen LogP contribution in [0.2, 0.25) is 0 Å². The summed E-state index contributed by atoms with van der Waals surface area (Å²) in [5, 5.41) is 0. The van der Waals surface area contributed by atoms with E-state index in [0.717, 1.165) is 27.6 Å². The zero-order valence-electron chi connectivity index (χ0n) is 15.2. The Morgan fingerprint density at radius 2 is 1.67 bits per heavy atom. The normalized spacial score (nSPS) is 17.2. The third kappa shape index (κ3) is 3.99. The van der Waals surface area contributed by atoms with Crippen molar-refractivity contribution in [2.24, 2.45) is 0 Å². The average molecular weight is 402 g/mol. The van der Waals surface area contributed by atoms with E-state index in [9.17, 15) is 9.59 Å². The highest BCUT2D eigenvalue weighted by Crippen LogP contribution is 2.50. The van der Waals surface area contributed by atoms with Gasteiger partial charge in [-0.05, 0) is 30.7 Å². The van der Waals surface area contributed by atoms with Gasteiger partial charge in [0.25, 0.3) is 0 Å². The number of hydrogen-bond acceptors (Lipinski definition) is 7. The molecule has 0 saturated heterocycles. The van der Waals surface area contributed by atoms with Gasteiger partial charge in [0.1, 0.15) is 9.81 Å². The van der Waals surface area contributed by atoms with E-state index in [4.69, 9.17) is 9.47 Å². The largest absolute Gasteiger partial charge is 0.465 e. The fourth-order valence-corrected chi connectivity index (χ4v) is 5.00. The van der Waals surface area contributed by atoms with Gasteiger partial charge in [-0.15, -0.1) is 0 Å². The molecule has 0 aromatic heterocycles. The van der Waals surface area contributed by atoms with Gasteiger partial charge >= 0.3 is 11.9 Å². The van der Waals surface area contributed by atoms with E-state index in [2.05, 4.69) is 36.2 Å². The Morgan fingerprint density at radius 1 is 1.04 bits per heavy atom. The number of rotatable bonds is 4. The molecule has 0 amide bonds. The average Bonchev–Trinajstić information content (AvgIpc) is 3.15. The third-order valence-electron chi connectivity index (χ3n) is 4.05. The minimum Gasteiger partial charge on any atom is -0.465 e. The first kappa shape index (κ1) is 19.4. The van der Waals surface area contributed by atoms with Gasteiger partial charge in [-0.3, -0.25) is 0 Å². The molecule has 0 bridgehead atoms. The van der Waals surface area contributed by atoms with Gasteiger partial charge in [-0.1, -0.05) is 47.8 Å². The molecular weight excluding hydrogens is 382 g/mol. The van der Waals surface area contributed by atoms with Crippen LogP contribution < -0.4 is 4.90 Å². The fraction of sp³-hybridized carbons (Fsp3) is 0.200. The highest BCUT2D eigenvalue weighted by molar-refractivity contribution is 8.29. The van der Waals surface area contributed by atoms with E-state index >= 15 is 0 Å². The minimum atomic E-state index is -0.537. The van der Waals surface area contributed by atoms with Gasteiger partial charge in [0.05, 0.1) is 18.5 Å². The summed E-state index contributed by atoms with van der Waals surface area (Å²) < 4.78 is 10.4. The van der Waals surface area contributed by atoms with Crippen molar-refractivity contribution in [2.75, 3.05) is 25.7 Å². The fourth-order valence-electron chi connectivity index (χ4n) is 2.72. The van der Waals surface area contributed by atoms with Crippen molar-refractivity contribution in [1.29, 1.82) is 0 Å². The van der Waals surface area contributed by atoms with E-state index in [-0.39, 0.29) is 9.81 Å². The number of methoxy groups -OCH3 is 2. The quantitative estimate of drug-likeness (QED) is 0.697. The number of benzene rings is 1. The molecule has 0 atom stereocenters. The number of hydrogen-bond donors (Lipinski definition) is 0. The van der Waals surface area contributed by atoms with Gasteiger partial charge in [-0.25, -0.2) is 9.59 Å². The van der Waals surface area contributed by atoms with Crippen LogP contribution in [0.3, 0.4) is 0 Å². The Bertz CT molecular complexity index is 869. The molecule has 1 aromatic rings. The smallest absolute Gasteiger partial charge is 0.346 e. The van der Waals surface area contributed by atoms with Gasteiger partial charge < -0.3 is 14.4 Å². The van der Waals surface area contributed by atoms with Gasteiger partial charge in [0.2, 0.25) is 0 Å². The highest BCUT2D eigenvalue weighted by atomic mass is 32.2. The second kappa shape index (κ2) is 8.54. The number of allylic oxidation sites excluding steroid dienone is 4. The number of fused-ring (bicyclic) bond motifs is 1. The van der Waals surface area contributed by atoms with E-state index in [0.29, 0.717) is 0 Å². The Labute approximate surface area is 166 Å². The van der Waals surface area contributed by atoms with Gasteiger partial charge in [0.15, 0.2) is 0 Å². The zero-order valence-corrected chi connectivity index (χ0v) is 16.9. The van der Waals surface area contributed by atoms with Crippen LogP contribution in [-0.2, 0) is 19.1 Å². The molecule has 0 spiro atoms. The van der Waals surface area contributed by atoms with Crippen molar-refractivity contribution in [3.05, 3.63) is 68.3 Å². The predicted molar refractivity (Wildman–Crippen MR) is 111 cm³/mol. The number of carbonyl (C=O) groups excluding carboxylic acids is 2. The second-order valence-electron chi connectivity index (χ2n) is 5.57. The van der Waals surface area contributed by atoms with Crippen LogP contribution >= 0.6 is 23.5 Å². The summed E-state index contributed by atoms with van der Waals surface area (Å²) in [5.41, 5.74) is 3.36. The maximum Gasteiger partial charge on any atom is 0.346 e. The maximum absolute atomic E-state index is 11.9. The lowest BCUT2D eigenvalue weighted by Gasteiger charge is -2.26. The molecule has 2 heterocycles. The van der Waals surface area contributed by atoms with Crippen LogP contribution in [0.4, 0.5) is 5.69 Å². The van der Waals surface area contributed by atoms with E-state index in [1.165, 1.54) is 37.7 Å². The molecule has 140 valence electrons. The first-order valence-corrected chi connectivity index (χ1v) is 9.95. The molecule has 3 rings (SSSR count). The standard InChI is InChI=1S/C20H19NO4S2/c1-4-21-12-11-13(14-7-5-6-8-15(14)21)9-10-16-26-17(19(22)24-2)18(27-16)20(23)25-3/h5-12H,4H2,1-3H3. The number of esters is 2. The van der Waals surface area contributed by atoms with Crippen molar-refractivity contribution < 1.29 is 19.1 Å². The molecule has 7 heteroatoms. The predicted octanol–water partition coefficient (Wildman–Crippen LogP) is 4.30. The van der Waals surface area contributed by atoms with Crippen molar-refractivity contribution in [1.82, 2.24) is 0 Å². The van der Waals surface area contributed by atoms with E-state index < -0.39 is 11.9 Å². The number of ether oxygens (including phenoxy) is 2. The Morgan fingerprint density at radius 3 is 2.26 bits per heavy atom. The number of thioether (sulfide) groups is 2. The first-order valence-electron chi connectivity index (χ1n) is 8.31. The summed E-state index contributed by atoms with van der Waals surface area (Å²) in [5.74, 6) is -1.07. The molecule has 0 aliphatic carbocycles. The Hall–Kier alpha value is -2.38. The molecule has 0 saturated carbocycles. The molecule has 5 nitrogen and oxygen atoms in total. The number of carbonyl (C=O) groups is 2. The van der Waals surface area contributed by atoms with E-state index in [1.54, 1.807) is 0 Å². The topological polar surface area (TPSA) is 55.8 Å². The van der Waals surface area contributed by atoms with Crippen LogP contribution in [0.5, 0.6) is 0 Å². The Kier molecular flexibility index (Phi) is 6.13.